The third-order valence-corrected chi connectivity index (χ3v) is 7.01. The number of fused-ring (bicyclic) bond motifs is 1. The van der Waals surface area contributed by atoms with Crippen molar-refractivity contribution in [2.24, 2.45) is 0 Å². The van der Waals surface area contributed by atoms with Crippen molar-refractivity contribution in [2.75, 3.05) is 18.8 Å². The number of benzene rings is 1. The average Bonchev–Trinajstić information content (AvgIpc) is 3.11. The molecule has 4 heterocycles. The summed E-state index contributed by atoms with van der Waals surface area (Å²) < 4.78 is 6.49. The lowest BCUT2D eigenvalue weighted by molar-refractivity contribution is 0.0248. The summed E-state index contributed by atoms with van der Waals surface area (Å²) in [7, 11) is 0. The first-order valence-electron chi connectivity index (χ1n) is 9.51. The van der Waals surface area contributed by atoms with E-state index in [1.807, 2.05) is 24.4 Å². The Morgan fingerprint density at radius 1 is 1.04 bits per heavy atom. The van der Waals surface area contributed by atoms with E-state index in [0.29, 0.717) is 17.5 Å². The molecule has 0 radical (unpaired) electrons. The van der Waals surface area contributed by atoms with Gasteiger partial charge in [0.2, 0.25) is 0 Å². The van der Waals surface area contributed by atoms with Crippen LogP contribution in [-0.4, -0.2) is 44.6 Å². The monoisotopic (exact) mass is 377 g/mol. The highest BCUT2D eigenvalue weighted by Crippen LogP contribution is 2.46. The maximum atomic E-state index is 6.11. The lowest BCUT2D eigenvalue weighted by Crippen LogP contribution is -2.58. The number of nitrogens with zero attached hydrogens (tertiary/aromatic N) is 3. The lowest BCUT2D eigenvalue weighted by atomic mass is 9.92. The molecular weight excluding hydrogens is 354 g/mol. The Hall–Kier alpha value is -1.95. The minimum Gasteiger partial charge on any atom is -0.371 e. The van der Waals surface area contributed by atoms with Crippen LogP contribution in [0.4, 0.5) is 0 Å². The van der Waals surface area contributed by atoms with Gasteiger partial charge in [-0.2, -0.15) is 0 Å². The van der Waals surface area contributed by atoms with E-state index in [9.17, 15) is 0 Å². The van der Waals surface area contributed by atoms with E-state index >= 15 is 0 Å². The van der Waals surface area contributed by atoms with Crippen LogP contribution in [0.25, 0.3) is 10.9 Å². The number of pyridine rings is 2. The molecule has 0 saturated carbocycles. The molecule has 2 aromatic heterocycles. The van der Waals surface area contributed by atoms with Crippen molar-refractivity contribution < 1.29 is 4.74 Å². The average molecular weight is 378 g/mol. The Morgan fingerprint density at radius 2 is 1.93 bits per heavy atom. The summed E-state index contributed by atoms with van der Waals surface area (Å²) in [5.74, 6) is 1.09. The molecule has 2 saturated heterocycles. The van der Waals surface area contributed by atoms with Crippen LogP contribution >= 0.6 is 11.8 Å². The minimum atomic E-state index is 0.345. The minimum absolute atomic E-state index is 0.345. The van der Waals surface area contributed by atoms with Crippen LogP contribution in [0.15, 0.2) is 60.8 Å². The molecule has 138 valence electrons. The molecule has 0 bridgehead atoms. The third kappa shape index (κ3) is 3.72. The SMILES string of the molecule is c1ccc(CO[C@@H]2CSC3(C2)CN(Cc2ccc4ccccc4n2)C3)nc1. The molecule has 0 amide bonds. The van der Waals surface area contributed by atoms with Crippen LogP contribution in [0.3, 0.4) is 0 Å². The van der Waals surface area contributed by atoms with Crippen LogP contribution in [0, 0.1) is 0 Å². The topological polar surface area (TPSA) is 38.2 Å². The molecule has 2 aliphatic rings. The first kappa shape index (κ1) is 17.2. The van der Waals surface area contributed by atoms with Crippen molar-refractivity contribution in [1.82, 2.24) is 14.9 Å². The summed E-state index contributed by atoms with van der Waals surface area (Å²) in [6, 6.07) is 18.6. The van der Waals surface area contributed by atoms with Crippen LogP contribution < -0.4 is 0 Å². The summed E-state index contributed by atoms with van der Waals surface area (Å²) in [6.07, 6.45) is 3.32. The summed E-state index contributed by atoms with van der Waals surface area (Å²) >= 11 is 2.08. The molecular formula is C22H23N3OS. The molecule has 3 aromatic rings. The molecule has 5 heteroatoms. The quantitative estimate of drug-likeness (QED) is 0.674. The van der Waals surface area contributed by atoms with Gasteiger partial charge in [-0.25, -0.2) is 0 Å². The van der Waals surface area contributed by atoms with Gasteiger partial charge in [0.1, 0.15) is 0 Å². The first-order chi connectivity index (χ1) is 13.3. The maximum Gasteiger partial charge on any atom is 0.0892 e. The Kier molecular flexibility index (Phi) is 4.60. The fourth-order valence-electron chi connectivity index (χ4n) is 4.12. The summed E-state index contributed by atoms with van der Waals surface area (Å²) in [5, 5.41) is 1.21. The Labute approximate surface area is 164 Å². The van der Waals surface area contributed by atoms with E-state index in [4.69, 9.17) is 9.72 Å². The van der Waals surface area contributed by atoms with Crippen molar-refractivity contribution >= 4 is 22.7 Å². The predicted octanol–water partition coefficient (Wildman–Crippen LogP) is 3.91. The molecule has 0 aliphatic carbocycles. The number of likely N-dealkylation sites (tertiary alicyclic amines) is 1. The van der Waals surface area contributed by atoms with Gasteiger partial charge in [0.25, 0.3) is 0 Å². The zero-order chi connectivity index (χ0) is 18.1. The van der Waals surface area contributed by atoms with Gasteiger partial charge in [-0.15, -0.1) is 11.8 Å². The molecule has 27 heavy (non-hydrogen) atoms. The third-order valence-electron chi connectivity index (χ3n) is 5.43. The van der Waals surface area contributed by atoms with Gasteiger partial charge in [0.15, 0.2) is 0 Å². The summed E-state index contributed by atoms with van der Waals surface area (Å²) in [4.78, 5) is 11.7. The van der Waals surface area contributed by atoms with Crippen molar-refractivity contribution in [1.29, 1.82) is 0 Å². The highest BCUT2D eigenvalue weighted by atomic mass is 32.2. The van der Waals surface area contributed by atoms with Crippen molar-refractivity contribution in [3.05, 3.63) is 72.2 Å². The second-order valence-corrected chi connectivity index (χ2v) is 9.08. The van der Waals surface area contributed by atoms with Gasteiger partial charge in [0, 0.05) is 41.7 Å². The molecule has 5 rings (SSSR count). The number of ether oxygens (including phenoxy) is 1. The van der Waals surface area contributed by atoms with Crippen LogP contribution in [0.5, 0.6) is 0 Å². The van der Waals surface area contributed by atoms with Crippen LogP contribution in [0.2, 0.25) is 0 Å². The molecule has 0 N–H and O–H groups in total. The van der Waals surface area contributed by atoms with Crippen LogP contribution in [-0.2, 0) is 17.9 Å². The van der Waals surface area contributed by atoms with Gasteiger partial charge in [-0.3, -0.25) is 14.9 Å². The standard InChI is InChI=1S/C22H23N3OS/c1-2-7-21-17(5-1)8-9-18(24-21)12-25-15-22(16-25)11-20(14-27-22)26-13-19-6-3-4-10-23-19/h1-10,20H,11-16H2/t20-/m0/s1. The zero-order valence-electron chi connectivity index (χ0n) is 15.3. The van der Waals surface area contributed by atoms with E-state index in [1.165, 1.54) is 5.39 Å². The Morgan fingerprint density at radius 3 is 2.81 bits per heavy atom. The zero-order valence-corrected chi connectivity index (χ0v) is 16.1. The fraction of sp³-hybridized carbons (Fsp3) is 0.364. The summed E-state index contributed by atoms with van der Waals surface area (Å²) in [6.45, 7) is 3.82. The number of hydrogen-bond acceptors (Lipinski definition) is 5. The fourth-order valence-corrected chi connectivity index (χ4v) is 5.73. The number of hydrogen-bond donors (Lipinski definition) is 0. The van der Waals surface area contributed by atoms with Crippen molar-refractivity contribution in [2.45, 2.75) is 30.4 Å². The predicted molar refractivity (Wildman–Crippen MR) is 110 cm³/mol. The molecule has 4 nitrogen and oxygen atoms in total. The number of rotatable bonds is 5. The van der Waals surface area contributed by atoms with E-state index < -0.39 is 0 Å². The van der Waals surface area contributed by atoms with E-state index in [0.717, 1.165) is 48.7 Å². The van der Waals surface area contributed by atoms with Crippen molar-refractivity contribution in [3.63, 3.8) is 0 Å². The Bertz CT molecular complexity index is 927. The van der Waals surface area contributed by atoms with E-state index in [-0.39, 0.29) is 0 Å². The number of aromatic nitrogens is 2. The number of para-hydroxylation sites is 1. The molecule has 2 fully saturated rings. The van der Waals surface area contributed by atoms with Crippen molar-refractivity contribution in [3.8, 4) is 0 Å². The second-order valence-electron chi connectivity index (χ2n) is 7.59. The Balaban J connectivity index is 1.13. The first-order valence-corrected chi connectivity index (χ1v) is 10.5. The van der Waals surface area contributed by atoms with Gasteiger partial charge in [-0.05, 0) is 30.7 Å². The van der Waals surface area contributed by atoms with Gasteiger partial charge in [0.05, 0.1) is 29.6 Å². The highest BCUT2D eigenvalue weighted by Gasteiger charge is 2.49. The smallest absolute Gasteiger partial charge is 0.0892 e. The van der Waals surface area contributed by atoms with Gasteiger partial charge in [-0.1, -0.05) is 30.3 Å². The van der Waals surface area contributed by atoms with Gasteiger partial charge < -0.3 is 4.74 Å². The largest absolute Gasteiger partial charge is 0.371 e. The molecule has 1 spiro atoms. The summed E-state index contributed by atoms with van der Waals surface area (Å²) in [5.41, 5.74) is 3.26. The molecule has 0 unspecified atom stereocenters. The molecule has 2 aliphatic heterocycles. The lowest BCUT2D eigenvalue weighted by Gasteiger charge is -2.47. The van der Waals surface area contributed by atoms with E-state index in [2.05, 4.69) is 58.0 Å². The van der Waals surface area contributed by atoms with Crippen LogP contribution in [0.1, 0.15) is 17.8 Å². The maximum absolute atomic E-state index is 6.11. The normalized spacial score (nSPS) is 21.6. The molecule has 1 aromatic carbocycles. The molecule has 1 atom stereocenters. The van der Waals surface area contributed by atoms with Gasteiger partial charge >= 0.3 is 0 Å². The number of thioether (sulfide) groups is 1. The second kappa shape index (κ2) is 7.23. The van der Waals surface area contributed by atoms with E-state index in [1.54, 1.807) is 0 Å². The highest BCUT2D eigenvalue weighted by molar-refractivity contribution is 8.01.